The minimum atomic E-state index is -3.08. The maximum atomic E-state index is 12.5. The summed E-state index contributed by atoms with van der Waals surface area (Å²) in [5.41, 5.74) is -3.08. The van der Waals surface area contributed by atoms with Crippen molar-refractivity contribution in [3.8, 4) is 5.75 Å². The van der Waals surface area contributed by atoms with E-state index < -0.39 is 5.44 Å². The molecule has 0 saturated heterocycles. The van der Waals surface area contributed by atoms with Crippen LogP contribution in [0, 0.1) is 0 Å². The smallest absolute Gasteiger partial charge is 0.423 e. The molecule has 4 heteroatoms. The van der Waals surface area contributed by atoms with Crippen molar-refractivity contribution in [1.82, 2.24) is 0 Å². The molecule has 0 amide bonds. The molecule has 0 bridgehead atoms. The molecule has 11 heavy (non-hydrogen) atoms. The van der Waals surface area contributed by atoms with Gasteiger partial charge in [-0.3, -0.25) is 0 Å². The number of para-hydroxylation sites is 1. The quantitative estimate of drug-likeness (QED) is 0.598. The van der Waals surface area contributed by atoms with E-state index >= 15 is 0 Å². The highest BCUT2D eigenvalue weighted by atomic mass is 32.2. The second-order valence-corrected chi connectivity index (χ2v) is 3.23. The predicted octanol–water partition coefficient (Wildman–Crippen LogP) is 2.72. The SMILES string of the molecule is FC1(F)Oc2ccccc2S1. The first kappa shape index (κ1) is 6.91. The lowest BCUT2D eigenvalue weighted by atomic mass is 10.3. The Morgan fingerprint density at radius 2 is 2.00 bits per heavy atom. The van der Waals surface area contributed by atoms with E-state index in [0.29, 0.717) is 16.7 Å². The summed E-state index contributed by atoms with van der Waals surface area (Å²) in [6, 6.07) is 6.52. The molecule has 0 spiro atoms. The molecule has 0 fully saturated rings. The highest BCUT2D eigenvalue weighted by Gasteiger charge is 2.40. The van der Waals surface area contributed by atoms with Crippen LogP contribution in [0.5, 0.6) is 5.75 Å². The van der Waals surface area contributed by atoms with E-state index in [2.05, 4.69) is 4.74 Å². The zero-order chi connectivity index (χ0) is 7.90. The van der Waals surface area contributed by atoms with Crippen LogP contribution in [0.2, 0.25) is 0 Å². The molecule has 1 aromatic rings. The van der Waals surface area contributed by atoms with Gasteiger partial charge in [-0.05, 0) is 23.9 Å². The fourth-order valence-electron chi connectivity index (χ4n) is 0.896. The maximum absolute atomic E-state index is 12.5. The van der Waals surface area contributed by atoms with Gasteiger partial charge >= 0.3 is 5.44 Å². The van der Waals surface area contributed by atoms with Crippen LogP contribution in [-0.2, 0) is 0 Å². The first-order valence-electron chi connectivity index (χ1n) is 3.02. The summed E-state index contributed by atoms with van der Waals surface area (Å²) < 4.78 is 29.3. The van der Waals surface area contributed by atoms with Crippen LogP contribution in [0.25, 0.3) is 0 Å². The fraction of sp³-hybridized carbons (Fsp3) is 0.143. The Balaban J connectivity index is 2.41. The van der Waals surface area contributed by atoms with E-state index in [1.54, 1.807) is 18.2 Å². The molecule has 0 atom stereocenters. The summed E-state index contributed by atoms with van der Waals surface area (Å²) in [6.45, 7) is 0. The summed E-state index contributed by atoms with van der Waals surface area (Å²) in [7, 11) is 0. The molecule has 1 heterocycles. The summed E-state index contributed by atoms with van der Waals surface area (Å²) in [5.74, 6) is 0.266. The van der Waals surface area contributed by atoms with E-state index in [1.165, 1.54) is 6.07 Å². The van der Waals surface area contributed by atoms with E-state index in [0.717, 1.165) is 0 Å². The fourth-order valence-corrected chi connectivity index (χ4v) is 1.64. The molecular weight excluding hydrogens is 170 g/mol. The Labute approximate surface area is 66.4 Å². The Hall–Kier alpha value is -0.770. The average Bonchev–Trinajstić information content (AvgIpc) is 2.21. The molecule has 2 rings (SSSR count). The number of rotatable bonds is 0. The summed E-state index contributed by atoms with van der Waals surface area (Å²) in [5, 5.41) is 0. The van der Waals surface area contributed by atoms with Gasteiger partial charge in [-0.15, -0.1) is 0 Å². The maximum Gasteiger partial charge on any atom is 0.457 e. The minimum absolute atomic E-state index is 0.266. The monoisotopic (exact) mass is 174 g/mol. The number of hydrogen-bond donors (Lipinski definition) is 0. The van der Waals surface area contributed by atoms with Crippen molar-refractivity contribution >= 4 is 11.8 Å². The van der Waals surface area contributed by atoms with Gasteiger partial charge < -0.3 is 4.74 Å². The van der Waals surface area contributed by atoms with Crippen molar-refractivity contribution < 1.29 is 13.5 Å². The number of thioether (sulfide) groups is 1. The first-order valence-corrected chi connectivity index (χ1v) is 3.84. The van der Waals surface area contributed by atoms with Gasteiger partial charge in [0.1, 0.15) is 5.75 Å². The van der Waals surface area contributed by atoms with Crippen LogP contribution in [0.1, 0.15) is 0 Å². The van der Waals surface area contributed by atoms with Gasteiger partial charge in [0.2, 0.25) is 0 Å². The molecule has 0 saturated carbocycles. The summed E-state index contributed by atoms with van der Waals surface area (Å²) in [4.78, 5) is 0.498. The standard InChI is InChI=1S/C7H4F2OS/c8-7(9)10-5-3-1-2-4-6(5)11-7/h1-4H. The first-order chi connectivity index (χ1) is 5.17. The topological polar surface area (TPSA) is 9.23 Å². The molecule has 1 nitrogen and oxygen atoms in total. The van der Waals surface area contributed by atoms with Crippen LogP contribution < -0.4 is 4.74 Å². The van der Waals surface area contributed by atoms with Crippen LogP contribution in [-0.4, -0.2) is 5.44 Å². The van der Waals surface area contributed by atoms with E-state index in [-0.39, 0.29) is 5.75 Å². The van der Waals surface area contributed by atoms with Crippen molar-refractivity contribution in [2.45, 2.75) is 10.3 Å². The van der Waals surface area contributed by atoms with Crippen molar-refractivity contribution in [3.63, 3.8) is 0 Å². The average molecular weight is 174 g/mol. The normalized spacial score (nSPS) is 19.1. The van der Waals surface area contributed by atoms with Gasteiger partial charge in [0, 0.05) is 0 Å². The Morgan fingerprint density at radius 3 is 2.73 bits per heavy atom. The molecular formula is C7H4F2OS. The largest absolute Gasteiger partial charge is 0.457 e. The Morgan fingerprint density at radius 1 is 1.27 bits per heavy atom. The molecule has 1 aliphatic rings. The number of hydrogen-bond acceptors (Lipinski definition) is 2. The lowest BCUT2D eigenvalue weighted by Crippen LogP contribution is -2.13. The van der Waals surface area contributed by atoms with Gasteiger partial charge in [0.25, 0.3) is 0 Å². The zero-order valence-electron chi connectivity index (χ0n) is 5.38. The highest BCUT2D eigenvalue weighted by molar-refractivity contribution is 8.00. The van der Waals surface area contributed by atoms with Crippen molar-refractivity contribution in [2.24, 2.45) is 0 Å². The molecule has 0 radical (unpaired) electrons. The Kier molecular flexibility index (Phi) is 1.32. The Bertz CT molecular complexity index is 261. The minimum Gasteiger partial charge on any atom is -0.423 e. The zero-order valence-corrected chi connectivity index (χ0v) is 6.20. The number of fused-ring (bicyclic) bond motifs is 1. The summed E-state index contributed by atoms with van der Waals surface area (Å²) in [6.07, 6.45) is 0. The molecule has 1 aliphatic heterocycles. The third kappa shape index (κ3) is 1.18. The van der Waals surface area contributed by atoms with Gasteiger partial charge in [-0.2, -0.15) is 8.78 Å². The van der Waals surface area contributed by atoms with Crippen molar-refractivity contribution in [2.75, 3.05) is 0 Å². The van der Waals surface area contributed by atoms with Gasteiger partial charge in [-0.1, -0.05) is 12.1 Å². The molecule has 0 aliphatic carbocycles. The number of benzene rings is 1. The van der Waals surface area contributed by atoms with Crippen molar-refractivity contribution in [1.29, 1.82) is 0 Å². The number of alkyl halides is 2. The van der Waals surface area contributed by atoms with Crippen LogP contribution >= 0.6 is 11.8 Å². The lowest BCUT2D eigenvalue weighted by Gasteiger charge is -2.04. The molecule has 0 N–H and O–H groups in total. The van der Waals surface area contributed by atoms with E-state index in [1.807, 2.05) is 0 Å². The van der Waals surface area contributed by atoms with Crippen LogP contribution in [0.15, 0.2) is 29.2 Å². The summed E-state index contributed by atoms with van der Waals surface area (Å²) >= 11 is 0.438. The van der Waals surface area contributed by atoms with Crippen molar-refractivity contribution in [3.05, 3.63) is 24.3 Å². The van der Waals surface area contributed by atoms with Gasteiger partial charge in [0.15, 0.2) is 0 Å². The van der Waals surface area contributed by atoms with Gasteiger partial charge in [0.05, 0.1) is 4.90 Å². The van der Waals surface area contributed by atoms with Gasteiger partial charge in [-0.25, -0.2) is 0 Å². The van der Waals surface area contributed by atoms with Crippen LogP contribution in [0.4, 0.5) is 8.78 Å². The molecule has 0 unspecified atom stereocenters. The molecule has 1 aromatic carbocycles. The third-order valence-corrected chi connectivity index (χ3v) is 2.18. The van der Waals surface area contributed by atoms with E-state index in [9.17, 15) is 8.78 Å². The highest BCUT2D eigenvalue weighted by Crippen LogP contribution is 2.48. The van der Waals surface area contributed by atoms with Crippen LogP contribution in [0.3, 0.4) is 0 Å². The second kappa shape index (κ2) is 2.11. The lowest BCUT2D eigenvalue weighted by molar-refractivity contribution is -0.0822. The van der Waals surface area contributed by atoms with E-state index in [4.69, 9.17) is 0 Å². The third-order valence-electron chi connectivity index (χ3n) is 1.31. The number of ether oxygens (including phenoxy) is 1. The molecule has 58 valence electrons. The number of halogens is 2. The molecule has 0 aromatic heterocycles. The second-order valence-electron chi connectivity index (χ2n) is 2.11. The predicted molar refractivity (Wildman–Crippen MR) is 37.9 cm³/mol.